The van der Waals surface area contributed by atoms with Gasteiger partial charge in [0.25, 0.3) is 0 Å². The van der Waals surface area contributed by atoms with E-state index < -0.39 is 5.97 Å². The third kappa shape index (κ3) is 3.45. The van der Waals surface area contributed by atoms with Crippen molar-refractivity contribution in [2.45, 2.75) is 13.8 Å². The average Bonchev–Trinajstić information content (AvgIpc) is 1.98. The quantitative estimate of drug-likeness (QED) is 0.381. The Morgan fingerprint density at radius 1 is 1.64 bits per heavy atom. The van der Waals surface area contributed by atoms with Gasteiger partial charge in [0.05, 0.1) is 5.57 Å². The first-order chi connectivity index (χ1) is 5.09. The van der Waals surface area contributed by atoms with Crippen LogP contribution in [-0.4, -0.2) is 17.7 Å². The molecule has 0 atom stereocenters. The molecule has 11 heavy (non-hydrogen) atoms. The van der Waals surface area contributed by atoms with E-state index in [0.29, 0.717) is 12.4 Å². The molecule has 0 amide bonds. The van der Waals surface area contributed by atoms with Crippen molar-refractivity contribution in [2.24, 2.45) is 0 Å². The Morgan fingerprint density at radius 3 is 2.55 bits per heavy atom. The lowest BCUT2D eigenvalue weighted by Gasteiger charge is -2.04. The van der Waals surface area contributed by atoms with E-state index in [2.05, 4.69) is 6.58 Å². The van der Waals surface area contributed by atoms with Crippen molar-refractivity contribution in [3.63, 3.8) is 0 Å². The van der Waals surface area contributed by atoms with E-state index >= 15 is 0 Å². The van der Waals surface area contributed by atoms with Crippen LogP contribution in [0.4, 0.5) is 0 Å². The third-order valence-electron chi connectivity index (χ3n) is 1.27. The van der Waals surface area contributed by atoms with Crippen LogP contribution in [0, 0.1) is 0 Å². The highest BCUT2D eigenvalue weighted by Gasteiger charge is 2.04. The van der Waals surface area contributed by atoms with E-state index in [4.69, 9.17) is 9.84 Å². The van der Waals surface area contributed by atoms with Crippen LogP contribution >= 0.6 is 0 Å². The van der Waals surface area contributed by atoms with Gasteiger partial charge in [-0.25, -0.2) is 4.79 Å². The zero-order valence-electron chi connectivity index (χ0n) is 6.76. The van der Waals surface area contributed by atoms with Crippen LogP contribution in [0.1, 0.15) is 13.8 Å². The molecule has 3 heteroatoms. The summed E-state index contributed by atoms with van der Waals surface area (Å²) in [5.74, 6) is -0.524. The highest BCUT2D eigenvalue weighted by molar-refractivity contribution is 5.86. The number of aliphatic carboxylic acids is 1. The van der Waals surface area contributed by atoms with Crippen molar-refractivity contribution in [3.05, 3.63) is 24.0 Å². The monoisotopic (exact) mass is 156 g/mol. The van der Waals surface area contributed by atoms with Gasteiger partial charge in [0.15, 0.2) is 0 Å². The summed E-state index contributed by atoms with van der Waals surface area (Å²) in [6.07, 6.45) is 1.57. The molecule has 3 nitrogen and oxygen atoms in total. The van der Waals surface area contributed by atoms with Crippen molar-refractivity contribution in [2.75, 3.05) is 6.61 Å². The predicted octanol–water partition coefficient (Wildman–Crippen LogP) is 1.57. The van der Waals surface area contributed by atoms with E-state index in [1.165, 1.54) is 6.92 Å². The first-order valence-corrected chi connectivity index (χ1v) is 3.24. The van der Waals surface area contributed by atoms with Crippen molar-refractivity contribution in [3.8, 4) is 0 Å². The van der Waals surface area contributed by atoms with Crippen LogP contribution in [0.2, 0.25) is 0 Å². The Labute approximate surface area is 66.0 Å². The highest BCUT2D eigenvalue weighted by atomic mass is 16.5. The van der Waals surface area contributed by atoms with Crippen molar-refractivity contribution >= 4 is 5.97 Å². The summed E-state index contributed by atoms with van der Waals surface area (Å²) in [4.78, 5) is 10.3. The molecule has 62 valence electrons. The van der Waals surface area contributed by atoms with Crippen LogP contribution in [-0.2, 0) is 9.53 Å². The fourth-order valence-electron chi connectivity index (χ4n) is 0.443. The normalized spacial score (nSPS) is 11.8. The Bertz CT molecular complexity index is 192. The highest BCUT2D eigenvalue weighted by Crippen LogP contribution is 2.04. The van der Waals surface area contributed by atoms with Crippen LogP contribution in [0.15, 0.2) is 24.0 Å². The summed E-state index contributed by atoms with van der Waals surface area (Å²) in [7, 11) is 0. The zero-order valence-corrected chi connectivity index (χ0v) is 6.76. The fourth-order valence-corrected chi connectivity index (χ4v) is 0.443. The second-order valence-electron chi connectivity index (χ2n) is 2.09. The first-order valence-electron chi connectivity index (χ1n) is 3.24. The molecule has 0 spiro atoms. The molecule has 0 bridgehead atoms. The Kier molecular flexibility index (Phi) is 4.03. The Balaban J connectivity index is 4.15. The second-order valence-corrected chi connectivity index (χ2v) is 2.09. The van der Waals surface area contributed by atoms with E-state index in [0.717, 1.165) is 0 Å². The Morgan fingerprint density at radius 2 is 2.18 bits per heavy atom. The molecule has 0 saturated carbocycles. The molecule has 0 aromatic heterocycles. The Hall–Kier alpha value is -1.25. The second kappa shape index (κ2) is 4.55. The number of carboxylic acids is 1. The number of allylic oxidation sites excluding steroid dienone is 1. The molecular weight excluding hydrogens is 144 g/mol. The van der Waals surface area contributed by atoms with Gasteiger partial charge in [-0.3, -0.25) is 0 Å². The third-order valence-corrected chi connectivity index (χ3v) is 1.27. The first kappa shape index (κ1) is 9.75. The van der Waals surface area contributed by atoms with E-state index in [1.807, 2.05) is 0 Å². The van der Waals surface area contributed by atoms with Gasteiger partial charge in [-0.05, 0) is 13.8 Å². The van der Waals surface area contributed by atoms with E-state index in [9.17, 15) is 4.79 Å². The lowest BCUT2D eigenvalue weighted by molar-refractivity contribution is -0.132. The van der Waals surface area contributed by atoms with Crippen molar-refractivity contribution < 1.29 is 14.6 Å². The van der Waals surface area contributed by atoms with Crippen LogP contribution in [0.3, 0.4) is 0 Å². The molecule has 0 rings (SSSR count). The number of carbonyl (C=O) groups is 1. The minimum atomic E-state index is -0.952. The molecule has 0 aromatic rings. The fraction of sp³-hybridized carbons (Fsp3) is 0.375. The van der Waals surface area contributed by atoms with Gasteiger partial charge in [0.1, 0.15) is 12.4 Å². The maximum atomic E-state index is 10.3. The van der Waals surface area contributed by atoms with Crippen molar-refractivity contribution in [1.29, 1.82) is 0 Å². The van der Waals surface area contributed by atoms with Crippen molar-refractivity contribution in [1.82, 2.24) is 0 Å². The number of ether oxygens (including phenoxy) is 1. The summed E-state index contributed by atoms with van der Waals surface area (Å²) < 4.78 is 4.99. The largest absolute Gasteiger partial charge is 0.494 e. The lowest BCUT2D eigenvalue weighted by Crippen LogP contribution is -2.01. The van der Waals surface area contributed by atoms with Gasteiger partial charge in [-0.1, -0.05) is 12.7 Å². The molecule has 0 aromatic carbocycles. The molecule has 0 aliphatic heterocycles. The number of carboxylic acid groups (broad SMARTS) is 1. The van der Waals surface area contributed by atoms with Gasteiger partial charge < -0.3 is 9.84 Å². The maximum Gasteiger partial charge on any atom is 0.334 e. The minimum Gasteiger partial charge on any atom is -0.494 e. The average molecular weight is 156 g/mol. The SMILES string of the molecule is C=CCO/C(C)=C(\C)C(=O)O. The van der Waals surface area contributed by atoms with Crippen LogP contribution < -0.4 is 0 Å². The molecule has 0 aliphatic rings. The summed E-state index contributed by atoms with van der Waals surface area (Å²) >= 11 is 0. The molecule has 0 fully saturated rings. The zero-order chi connectivity index (χ0) is 8.85. The smallest absolute Gasteiger partial charge is 0.334 e. The number of hydrogen-bond acceptors (Lipinski definition) is 2. The standard InChI is InChI=1S/C8H12O3/c1-4-5-11-7(3)6(2)8(9)10/h4H,1,5H2,2-3H3,(H,9,10)/b7-6+. The van der Waals surface area contributed by atoms with Gasteiger partial charge in [0.2, 0.25) is 0 Å². The lowest BCUT2D eigenvalue weighted by atomic mass is 10.3. The van der Waals surface area contributed by atoms with Crippen LogP contribution in [0.25, 0.3) is 0 Å². The summed E-state index contributed by atoms with van der Waals surface area (Å²) in [5.41, 5.74) is 0.229. The summed E-state index contributed by atoms with van der Waals surface area (Å²) in [5, 5.41) is 8.49. The summed E-state index contributed by atoms with van der Waals surface area (Å²) in [6, 6.07) is 0. The molecule has 0 aliphatic carbocycles. The molecule has 1 N–H and O–H groups in total. The minimum absolute atomic E-state index is 0.229. The number of hydrogen-bond donors (Lipinski definition) is 1. The molecule has 0 heterocycles. The van der Waals surface area contributed by atoms with Gasteiger partial charge in [-0.15, -0.1) is 0 Å². The molecule has 0 radical (unpaired) electrons. The van der Waals surface area contributed by atoms with Crippen LogP contribution in [0.5, 0.6) is 0 Å². The molecular formula is C8H12O3. The summed E-state index contributed by atoms with van der Waals surface area (Å²) in [6.45, 7) is 6.90. The van der Waals surface area contributed by atoms with E-state index in [1.54, 1.807) is 13.0 Å². The maximum absolute atomic E-state index is 10.3. The van der Waals surface area contributed by atoms with E-state index in [-0.39, 0.29) is 5.57 Å². The van der Waals surface area contributed by atoms with Gasteiger partial charge in [-0.2, -0.15) is 0 Å². The predicted molar refractivity (Wildman–Crippen MR) is 42.2 cm³/mol. The number of rotatable bonds is 4. The molecule has 0 saturated heterocycles. The molecule has 0 unspecified atom stereocenters. The topological polar surface area (TPSA) is 46.5 Å². The van der Waals surface area contributed by atoms with Gasteiger partial charge in [0, 0.05) is 0 Å². The van der Waals surface area contributed by atoms with Gasteiger partial charge >= 0.3 is 5.97 Å².